The molecular weight excluding hydrogens is 436 g/mol. The third-order valence-electron chi connectivity index (χ3n) is 5.93. The lowest BCUT2D eigenvalue weighted by molar-refractivity contribution is -0.131. The maximum Gasteiger partial charge on any atom is 0.308 e. The minimum atomic E-state index is -0.518. The monoisotopic (exact) mass is 470 g/mol. The Bertz CT molecular complexity index is 1270. The molecule has 0 aliphatic rings. The van der Waals surface area contributed by atoms with Crippen molar-refractivity contribution < 1.29 is 28.5 Å². The third-order valence-corrected chi connectivity index (χ3v) is 5.93. The molecule has 0 amide bonds. The number of benzene rings is 2. The van der Waals surface area contributed by atoms with E-state index in [4.69, 9.17) is 18.6 Å². The third kappa shape index (κ3) is 4.98. The number of phenols is 1. The van der Waals surface area contributed by atoms with Crippen molar-refractivity contribution in [2.75, 3.05) is 14.2 Å². The van der Waals surface area contributed by atoms with Crippen LogP contribution in [-0.4, -0.2) is 25.3 Å². The zero-order valence-corrected chi connectivity index (χ0v) is 21.0. The lowest BCUT2D eigenvalue weighted by Gasteiger charge is -2.18. The van der Waals surface area contributed by atoms with E-state index in [9.17, 15) is 14.7 Å². The van der Waals surface area contributed by atoms with E-state index in [1.165, 1.54) is 27.2 Å². The first kappa shape index (κ1) is 25.4. The molecule has 0 radical (unpaired) electrons. The largest absolute Gasteiger partial charge is 0.507 e. The molecule has 0 unspecified atom stereocenters. The summed E-state index contributed by atoms with van der Waals surface area (Å²) < 4.78 is 22.6. The summed E-state index contributed by atoms with van der Waals surface area (Å²) in [5.41, 5.74) is 1.22. The van der Waals surface area contributed by atoms with E-state index in [-0.39, 0.29) is 27.9 Å². The Morgan fingerprint density at radius 3 is 2.00 bits per heavy atom. The Labute approximate surface area is 199 Å². The molecular formula is C27H34O7. The molecule has 0 atom stereocenters. The minimum absolute atomic E-state index is 0.0696. The zero-order chi connectivity index (χ0) is 25.2. The van der Waals surface area contributed by atoms with E-state index in [0.717, 1.165) is 12.8 Å². The summed E-state index contributed by atoms with van der Waals surface area (Å²) >= 11 is 0. The minimum Gasteiger partial charge on any atom is -0.507 e. The standard InChI is InChI=1S/C27H34O7/c1-14(2)8-10-17-19(33-16(5)28)12-21-24(25(17)29)26(30)23-18(11-9-15(3)4)27(32-7)22(31-6)13-20(23)34-21/h12-15,29H,8-11H2,1-7H3. The summed E-state index contributed by atoms with van der Waals surface area (Å²) in [5, 5.41) is 11.7. The van der Waals surface area contributed by atoms with Gasteiger partial charge in [0.2, 0.25) is 5.43 Å². The molecule has 1 heterocycles. The molecule has 3 aromatic rings. The van der Waals surface area contributed by atoms with Gasteiger partial charge in [0, 0.05) is 30.2 Å². The molecule has 0 aliphatic heterocycles. The number of rotatable bonds is 9. The van der Waals surface area contributed by atoms with E-state index in [0.29, 0.717) is 58.3 Å². The lowest BCUT2D eigenvalue weighted by atomic mass is 9.95. The normalized spacial score (nSPS) is 11.6. The van der Waals surface area contributed by atoms with E-state index in [1.807, 2.05) is 0 Å². The van der Waals surface area contributed by atoms with Crippen molar-refractivity contribution in [1.82, 2.24) is 0 Å². The highest BCUT2D eigenvalue weighted by Crippen LogP contribution is 2.42. The highest BCUT2D eigenvalue weighted by atomic mass is 16.5. The number of aryl methyl sites for hydroxylation is 1. The lowest BCUT2D eigenvalue weighted by Crippen LogP contribution is -2.11. The molecule has 2 aromatic carbocycles. The second-order valence-electron chi connectivity index (χ2n) is 9.43. The summed E-state index contributed by atoms with van der Waals surface area (Å²) in [6.07, 6.45) is 2.60. The van der Waals surface area contributed by atoms with Gasteiger partial charge in [-0.1, -0.05) is 27.7 Å². The van der Waals surface area contributed by atoms with Gasteiger partial charge in [-0.3, -0.25) is 9.59 Å². The first-order valence-electron chi connectivity index (χ1n) is 11.7. The van der Waals surface area contributed by atoms with Gasteiger partial charge in [0.15, 0.2) is 11.5 Å². The van der Waals surface area contributed by atoms with Crippen LogP contribution in [-0.2, 0) is 17.6 Å². The van der Waals surface area contributed by atoms with Gasteiger partial charge in [0.25, 0.3) is 0 Å². The van der Waals surface area contributed by atoms with Crippen LogP contribution in [0.5, 0.6) is 23.0 Å². The van der Waals surface area contributed by atoms with Gasteiger partial charge in [-0.25, -0.2) is 0 Å². The summed E-state index contributed by atoms with van der Waals surface area (Å²) in [5.74, 6) is 1.16. The Kier molecular flexibility index (Phi) is 7.75. The van der Waals surface area contributed by atoms with Gasteiger partial charge in [0.05, 0.1) is 19.6 Å². The molecule has 184 valence electrons. The van der Waals surface area contributed by atoms with Crippen molar-refractivity contribution in [3.05, 3.63) is 33.5 Å². The van der Waals surface area contributed by atoms with E-state index in [1.54, 1.807) is 6.07 Å². The Morgan fingerprint density at radius 1 is 0.912 bits per heavy atom. The van der Waals surface area contributed by atoms with Crippen molar-refractivity contribution in [1.29, 1.82) is 0 Å². The number of carbonyl (C=O) groups is 1. The fourth-order valence-corrected chi connectivity index (χ4v) is 4.17. The van der Waals surface area contributed by atoms with Crippen LogP contribution in [0.25, 0.3) is 21.9 Å². The molecule has 0 saturated heterocycles. The SMILES string of the molecule is COc1cc2oc3cc(OC(C)=O)c(CCC(C)C)c(O)c3c(=O)c2c(CCC(C)C)c1OC. The summed E-state index contributed by atoms with van der Waals surface area (Å²) in [6.45, 7) is 9.63. The van der Waals surface area contributed by atoms with Crippen molar-refractivity contribution in [3.8, 4) is 23.0 Å². The highest BCUT2D eigenvalue weighted by molar-refractivity contribution is 5.98. The summed E-state index contributed by atoms with van der Waals surface area (Å²) in [6, 6.07) is 3.13. The van der Waals surface area contributed by atoms with Crippen LogP contribution < -0.4 is 19.6 Å². The number of hydrogen-bond donors (Lipinski definition) is 1. The van der Waals surface area contributed by atoms with Crippen LogP contribution in [0.15, 0.2) is 21.3 Å². The van der Waals surface area contributed by atoms with E-state index >= 15 is 0 Å². The van der Waals surface area contributed by atoms with Gasteiger partial charge < -0.3 is 23.7 Å². The molecule has 7 heteroatoms. The molecule has 0 fully saturated rings. The molecule has 1 N–H and O–H groups in total. The molecule has 1 aromatic heterocycles. The number of aromatic hydroxyl groups is 1. The van der Waals surface area contributed by atoms with Crippen molar-refractivity contribution in [3.63, 3.8) is 0 Å². The molecule has 0 aliphatic carbocycles. The first-order chi connectivity index (χ1) is 16.1. The first-order valence-corrected chi connectivity index (χ1v) is 11.7. The van der Waals surface area contributed by atoms with E-state index < -0.39 is 5.97 Å². The quantitative estimate of drug-likeness (QED) is 0.241. The average Bonchev–Trinajstić information content (AvgIpc) is 2.75. The van der Waals surface area contributed by atoms with Crippen LogP contribution in [0, 0.1) is 11.8 Å². The zero-order valence-electron chi connectivity index (χ0n) is 21.0. The molecule has 0 spiro atoms. The van der Waals surface area contributed by atoms with Crippen LogP contribution in [0.3, 0.4) is 0 Å². The Morgan fingerprint density at radius 2 is 1.47 bits per heavy atom. The van der Waals surface area contributed by atoms with Crippen molar-refractivity contribution in [2.45, 2.75) is 60.3 Å². The summed E-state index contributed by atoms with van der Waals surface area (Å²) in [4.78, 5) is 25.6. The van der Waals surface area contributed by atoms with Crippen LogP contribution in [0.1, 0.15) is 58.6 Å². The van der Waals surface area contributed by atoms with Crippen molar-refractivity contribution in [2.24, 2.45) is 11.8 Å². The maximum atomic E-state index is 13.8. The Balaban J connectivity index is 2.42. The molecule has 7 nitrogen and oxygen atoms in total. The summed E-state index contributed by atoms with van der Waals surface area (Å²) in [7, 11) is 3.07. The predicted octanol–water partition coefficient (Wildman–Crippen LogP) is 5.77. The van der Waals surface area contributed by atoms with Crippen molar-refractivity contribution >= 4 is 27.9 Å². The number of esters is 1. The van der Waals surface area contributed by atoms with Gasteiger partial charge in [0.1, 0.15) is 28.1 Å². The number of fused-ring (bicyclic) bond motifs is 2. The molecule has 0 saturated carbocycles. The van der Waals surface area contributed by atoms with Crippen LogP contribution in [0.2, 0.25) is 0 Å². The maximum absolute atomic E-state index is 13.8. The fourth-order valence-electron chi connectivity index (χ4n) is 4.17. The van der Waals surface area contributed by atoms with E-state index in [2.05, 4.69) is 27.7 Å². The topological polar surface area (TPSA) is 95.2 Å². The second kappa shape index (κ2) is 10.4. The fraction of sp³-hybridized carbons (Fsp3) is 0.481. The van der Waals surface area contributed by atoms with Gasteiger partial charge >= 0.3 is 5.97 Å². The average molecular weight is 471 g/mol. The number of carbonyl (C=O) groups excluding carboxylic acids is 1. The number of ether oxygens (including phenoxy) is 3. The van der Waals surface area contributed by atoms with Crippen LogP contribution >= 0.6 is 0 Å². The molecule has 0 bridgehead atoms. The van der Waals surface area contributed by atoms with Gasteiger partial charge in [-0.2, -0.15) is 0 Å². The Hall–Kier alpha value is -3.22. The highest BCUT2D eigenvalue weighted by Gasteiger charge is 2.25. The molecule has 3 rings (SSSR count). The smallest absolute Gasteiger partial charge is 0.308 e. The van der Waals surface area contributed by atoms with Gasteiger partial charge in [-0.15, -0.1) is 0 Å². The predicted molar refractivity (Wildman–Crippen MR) is 132 cm³/mol. The molecule has 34 heavy (non-hydrogen) atoms. The number of methoxy groups -OCH3 is 2. The van der Waals surface area contributed by atoms with Gasteiger partial charge in [-0.05, 0) is 37.5 Å². The number of hydrogen-bond acceptors (Lipinski definition) is 7. The van der Waals surface area contributed by atoms with Crippen LogP contribution in [0.4, 0.5) is 0 Å². The number of phenolic OH excluding ortho intramolecular Hbond substituents is 1. The second-order valence-corrected chi connectivity index (χ2v) is 9.43.